The van der Waals surface area contributed by atoms with Crippen LogP contribution in [-0.2, 0) is 9.60 Å². The molecule has 14 heavy (non-hydrogen) atoms. The first kappa shape index (κ1) is 11.8. The van der Waals surface area contributed by atoms with Gasteiger partial charge in [0.05, 0.1) is 5.56 Å². The van der Waals surface area contributed by atoms with Crippen molar-refractivity contribution in [2.75, 3.05) is 0 Å². The minimum absolute atomic E-state index is 0.327. The Kier molecular flexibility index (Phi) is 3.13. The van der Waals surface area contributed by atoms with Crippen LogP contribution in [0.4, 0.5) is 13.2 Å². The molecule has 0 nitrogen and oxygen atoms in total. The van der Waals surface area contributed by atoms with Gasteiger partial charge in [0.15, 0.2) is 0 Å². The lowest BCUT2D eigenvalue weighted by molar-refractivity contribution is -0.138. The van der Waals surface area contributed by atoms with Crippen LogP contribution in [0, 0.1) is 0 Å². The predicted octanol–water partition coefficient (Wildman–Crippen LogP) is 4.38. The summed E-state index contributed by atoms with van der Waals surface area (Å²) < 4.78 is 37.2. The predicted molar refractivity (Wildman–Crippen MR) is 58.5 cm³/mol. The molecular weight excluding hydrogens is 304 g/mol. The van der Waals surface area contributed by atoms with Gasteiger partial charge >= 0.3 is 6.18 Å². The van der Waals surface area contributed by atoms with E-state index < -0.39 is 15.2 Å². The Morgan fingerprint density at radius 2 is 1.43 bits per heavy atom. The number of hydrogen-bond acceptors (Lipinski definition) is 0. The van der Waals surface area contributed by atoms with Crippen LogP contribution in [0.15, 0.2) is 24.3 Å². The molecule has 0 N–H and O–H groups in total. The Balaban J connectivity index is 3.31. The highest BCUT2D eigenvalue weighted by molar-refractivity contribution is 14.1. The second kappa shape index (κ2) is 3.72. The maximum absolute atomic E-state index is 12.6. The molecule has 0 saturated heterocycles. The van der Waals surface area contributed by atoms with Gasteiger partial charge in [-0.25, -0.2) is 0 Å². The fourth-order valence-electron chi connectivity index (χ4n) is 1.25. The highest BCUT2D eigenvalue weighted by Crippen LogP contribution is 2.40. The molecule has 1 rings (SSSR count). The van der Waals surface area contributed by atoms with E-state index in [9.17, 15) is 13.2 Å². The lowest BCUT2D eigenvalue weighted by Crippen LogP contribution is -2.16. The summed E-state index contributed by atoms with van der Waals surface area (Å²) in [4.78, 5) is 0. The summed E-state index contributed by atoms with van der Waals surface area (Å²) in [5, 5.41) is 0. The molecule has 1 aromatic carbocycles. The summed E-state index contributed by atoms with van der Waals surface area (Å²) in [5.41, 5.74) is -0.215. The third-order valence-corrected chi connectivity index (χ3v) is 2.45. The van der Waals surface area contributed by atoms with Crippen molar-refractivity contribution >= 4 is 22.6 Å². The molecule has 0 unspecified atom stereocenters. The second-order valence-electron chi connectivity index (χ2n) is 3.52. The normalized spacial score (nSPS) is 13.0. The van der Waals surface area contributed by atoms with E-state index in [0.717, 1.165) is 6.07 Å². The summed E-state index contributed by atoms with van der Waals surface area (Å²) in [6.45, 7) is 3.52. The van der Waals surface area contributed by atoms with Crippen LogP contribution in [0.5, 0.6) is 0 Å². The third-order valence-electron chi connectivity index (χ3n) is 1.87. The molecular formula is C10H10F3I. The average Bonchev–Trinajstić information content (AvgIpc) is 2.01. The monoisotopic (exact) mass is 314 g/mol. The summed E-state index contributed by atoms with van der Waals surface area (Å²) in [6, 6.07) is 5.69. The summed E-state index contributed by atoms with van der Waals surface area (Å²) >= 11 is 2.01. The molecule has 0 fully saturated rings. The van der Waals surface area contributed by atoms with Crippen molar-refractivity contribution in [1.82, 2.24) is 0 Å². The van der Waals surface area contributed by atoms with Gasteiger partial charge in [-0.1, -0.05) is 40.8 Å². The fourth-order valence-corrected chi connectivity index (χ4v) is 1.72. The van der Waals surface area contributed by atoms with Gasteiger partial charge in [-0.15, -0.1) is 0 Å². The number of hydrogen-bond donors (Lipinski definition) is 0. The first-order chi connectivity index (χ1) is 6.23. The van der Waals surface area contributed by atoms with E-state index in [-0.39, 0.29) is 0 Å². The topological polar surface area (TPSA) is 0 Å². The number of halogens is 4. The van der Waals surface area contributed by atoms with Crippen molar-refractivity contribution in [3.05, 3.63) is 35.4 Å². The van der Waals surface area contributed by atoms with Crippen LogP contribution in [0.25, 0.3) is 0 Å². The third kappa shape index (κ3) is 2.62. The average molecular weight is 314 g/mol. The Hall–Kier alpha value is -0.260. The highest BCUT2D eigenvalue weighted by atomic mass is 127. The van der Waals surface area contributed by atoms with E-state index in [1.54, 1.807) is 19.9 Å². The van der Waals surface area contributed by atoms with Gasteiger partial charge in [0.1, 0.15) is 0 Å². The van der Waals surface area contributed by atoms with Crippen LogP contribution < -0.4 is 0 Å². The van der Waals surface area contributed by atoms with E-state index in [2.05, 4.69) is 0 Å². The molecule has 78 valence electrons. The Morgan fingerprint density at radius 1 is 1.00 bits per heavy atom. The number of rotatable bonds is 1. The molecule has 0 aromatic heterocycles. The van der Waals surface area contributed by atoms with E-state index in [1.807, 2.05) is 22.6 Å². The van der Waals surface area contributed by atoms with E-state index in [0.29, 0.717) is 5.56 Å². The van der Waals surface area contributed by atoms with Crippen molar-refractivity contribution < 1.29 is 13.2 Å². The zero-order chi connectivity index (χ0) is 11.0. The molecule has 0 amide bonds. The summed E-state index contributed by atoms with van der Waals surface area (Å²) in [7, 11) is 0. The molecule has 0 aliphatic carbocycles. The molecule has 0 radical (unpaired) electrons. The lowest BCUT2D eigenvalue weighted by Gasteiger charge is -2.22. The molecule has 0 spiro atoms. The Bertz CT molecular complexity index is 290. The van der Waals surface area contributed by atoms with Crippen molar-refractivity contribution in [3.8, 4) is 0 Å². The molecule has 0 aliphatic heterocycles. The molecule has 0 bridgehead atoms. The standard InChI is InChI=1S/C10H10F3I/c1-9(2,14)7-5-3-4-6-8(7)10(11,12)13/h3-6H,1-2H3. The number of benzene rings is 1. The van der Waals surface area contributed by atoms with E-state index in [1.165, 1.54) is 12.1 Å². The summed E-state index contributed by atoms with van der Waals surface area (Å²) in [6.07, 6.45) is -4.26. The van der Waals surface area contributed by atoms with Crippen LogP contribution in [0.3, 0.4) is 0 Å². The molecule has 4 heteroatoms. The van der Waals surface area contributed by atoms with Crippen LogP contribution >= 0.6 is 22.6 Å². The van der Waals surface area contributed by atoms with Crippen LogP contribution in [0.1, 0.15) is 25.0 Å². The Labute approximate surface area is 94.6 Å². The van der Waals surface area contributed by atoms with E-state index in [4.69, 9.17) is 0 Å². The van der Waals surface area contributed by atoms with Crippen molar-refractivity contribution in [3.63, 3.8) is 0 Å². The molecule has 0 saturated carbocycles. The van der Waals surface area contributed by atoms with Gasteiger partial charge < -0.3 is 0 Å². The smallest absolute Gasteiger partial charge is 0.166 e. The van der Waals surface area contributed by atoms with Gasteiger partial charge in [-0.3, -0.25) is 0 Å². The maximum Gasteiger partial charge on any atom is 0.416 e. The molecule has 0 atom stereocenters. The van der Waals surface area contributed by atoms with Gasteiger partial charge in [0.25, 0.3) is 0 Å². The second-order valence-corrected chi connectivity index (χ2v) is 6.21. The van der Waals surface area contributed by atoms with Crippen molar-refractivity contribution in [1.29, 1.82) is 0 Å². The SMILES string of the molecule is CC(C)(I)c1ccccc1C(F)(F)F. The van der Waals surface area contributed by atoms with E-state index >= 15 is 0 Å². The molecule has 0 heterocycles. The highest BCUT2D eigenvalue weighted by Gasteiger charge is 2.36. The lowest BCUT2D eigenvalue weighted by atomic mass is 9.97. The maximum atomic E-state index is 12.6. The van der Waals surface area contributed by atoms with Gasteiger partial charge in [0, 0.05) is 3.42 Å². The van der Waals surface area contributed by atoms with Crippen LogP contribution in [0.2, 0.25) is 0 Å². The fraction of sp³-hybridized carbons (Fsp3) is 0.400. The number of alkyl halides is 4. The minimum atomic E-state index is -4.26. The minimum Gasteiger partial charge on any atom is -0.166 e. The quantitative estimate of drug-likeness (QED) is 0.533. The van der Waals surface area contributed by atoms with Gasteiger partial charge in [-0.05, 0) is 25.5 Å². The molecule has 0 aliphatic rings. The van der Waals surface area contributed by atoms with Crippen LogP contribution in [-0.4, -0.2) is 0 Å². The largest absolute Gasteiger partial charge is 0.416 e. The summed E-state index contributed by atoms with van der Waals surface area (Å²) in [5.74, 6) is 0. The first-order valence-corrected chi connectivity index (χ1v) is 5.16. The van der Waals surface area contributed by atoms with Gasteiger partial charge in [-0.2, -0.15) is 13.2 Å². The first-order valence-electron chi connectivity index (χ1n) is 4.08. The van der Waals surface area contributed by atoms with Crippen molar-refractivity contribution in [2.24, 2.45) is 0 Å². The zero-order valence-electron chi connectivity index (χ0n) is 7.82. The van der Waals surface area contributed by atoms with Gasteiger partial charge in [0.2, 0.25) is 0 Å². The molecule has 1 aromatic rings. The zero-order valence-corrected chi connectivity index (χ0v) is 9.98. The van der Waals surface area contributed by atoms with Crippen molar-refractivity contribution in [2.45, 2.75) is 23.4 Å². The Morgan fingerprint density at radius 3 is 1.71 bits per heavy atom.